The number of hydrogen-bond acceptors (Lipinski definition) is 3. The Bertz CT molecular complexity index is 436. The maximum Gasteiger partial charge on any atom is 0.160 e. The molecule has 0 unspecified atom stereocenters. The van der Waals surface area contributed by atoms with Crippen molar-refractivity contribution in [3.05, 3.63) is 23.3 Å². The number of benzene rings is 1. The van der Waals surface area contributed by atoms with Crippen LogP contribution in [0, 0.1) is 5.82 Å². The summed E-state index contributed by atoms with van der Waals surface area (Å²) in [6.07, 6.45) is 0. The Morgan fingerprint density at radius 2 is 2.25 bits per heavy atom. The Hall–Kier alpha value is -0.740. The number of fused-ring (bicyclic) bond motifs is 1. The Morgan fingerprint density at radius 1 is 1.50 bits per heavy atom. The van der Waals surface area contributed by atoms with Gasteiger partial charge in [0.1, 0.15) is 0 Å². The van der Waals surface area contributed by atoms with Crippen molar-refractivity contribution in [2.75, 3.05) is 5.73 Å². The van der Waals surface area contributed by atoms with Crippen molar-refractivity contribution in [2.24, 2.45) is 0 Å². The highest BCUT2D eigenvalue weighted by Gasteiger charge is 2.08. The first-order chi connectivity index (χ1) is 5.70. The SMILES string of the molecule is Nc1c(F)c(S)cc2sccc12. The van der Waals surface area contributed by atoms with E-state index < -0.39 is 5.82 Å². The lowest BCUT2D eigenvalue weighted by molar-refractivity contribution is 0.610. The summed E-state index contributed by atoms with van der Waals surface area (Å²) in [5.74, 6) is -0.427. The van der Waals surface area contributed by atoms with Gasteiger partial charge in [-0.2, -0.15) is 0 Å². The second kappa shape index (κ2) is 2.64. The average Bonchev–Trinajstić information content (AvgIpc) is 2.48. The van der Waals surface area contributed by atoms with E-state index in [1.54, 1.807) is 6.07 Å². The van der Waals surface area contributed by atoms with E-state index in [2.05, 4.69) is 12.6 Å². The van der Waals surface area contributed by atoms with Crippen LogP contribution in [0.2, 0.25) is 0 Å². The van der Waals surface area contributed by atoms with Crippen LogP contribution in [0.3, 0.4) is 0 Å². The van der Waals surface area contributed by atoms with E-state index >= 15 is 0 Å². The fourth-order valence-electron chi connectivity index (χ4n) is 1.10. The first kappa shape index (κ1) is 7.89. The van der Waals surface area contributed by atoms with Gasteiger partial charge in [0.05, 0.1) is 5.69 Å². The second-order valence-corrected chi connectivity index (χ2v) is 3.89. The second-order valence-electron chi connectivity index (χ2n) is 2.46. The Labute approximate surface area is 78.4 Å². The summed E-state index contributed by atoms with van der Waals surface area (Å²) >= 11 is 5.50. The van der Waals surface area contributed by atoms with Crippen molar-refractivity contribution in [2.45, 2.75) is 4.90 Å². The number of halogens is 1. The van der Waals surface area contributed by atoms with Crippen LogP contribution in [-0.2, 0) is 0 Å². The van der Waals surface area contributed by atoms with Crippen LogP contribution in [-0.4, -0.2) is 0 Å². The van der Waals surface area contributed by atoms with Crippen LogP contribution in [0.15, 0.2) is 22.4 Å². The zero-order chi connectivity index (χ0) is 8.72. The molecule has 2 rings (SSSR count). The van der Waals surface area contributed by atoms with Crippen LogP contribution in [0.5, 0.6) is 0 Å². The predicted molar refractivity (Wildman–Crippen MR) is 53.4 cm³/mol. The molecule has 0 saturated heterocycles. The quantitative estimate of drug-likeness (QED) is 0.495. The molecule has 12 heavy (non-hydrogen) atoms. The normalized spacial score (nSPS) is 10.8. The molecule has 0 saturated carbocycles. The molecule has 0 spiro atoms. The molecule has 2 N–H and O–H groups in total. The van der Waals surface area contributed by atoms with Crippen LogP contribution in [0.4, 0.5) is 10.1 Å². The highest BCUT2D eigenvalue weighted by atomic mass is 32.1. The van der Waals surface area contributed by atoms with Crippen molar-refractivity contribution < 1.29 is 4.39 Å². The molecule has 0 aliphatic rings. The molecule has 0 bridgehead atoms. The molecule has 0 aliphatic carbocycles. The van der Waals surface area contributed by atoms with Gasteiger partial charge in [-0.25, -0.2) is 4.39 Å². The van der Waals surface area contributed by atoms with Crippen LogP contribution in [0.25, 0.3) is 10.1 Å². The van der Waals surface area contributed by atoms with Gasteiger partial charge in [-0.3, -0.25) is 0 Å². The van der Waals surface area contributed by atoms with Gasteiger partial charge in [-0.15, -0.1) is 24.0 Å². The van der Waals surface area contributed by atoms with E-state index in [-0.39, 0.29) is 5.69 Å². The van der Waals surface area contributed by atoms with Crippen LogP contribution in [0.1, 0.15) is 0 Å². The lowest BCUT2D eigenvalue weighted by atomic mass is 10.2. The summed E-state index contributed by atoms with van der Waals surface area (Å²) in [5.41, 5.74) is 5.74. The van der Waals surface area contributed by atoms with Crippen molar-refractivity contribution >= 4 is 39.7 Å². The predicted octanol–water partition coefficient (Wildman–Crippen LogP) is 2.91. The number of anilines is 1. The van der Waals surface area contributed by atoms with Gasteiger partial charge < -0.3 is 5.73 Å². The van der Waals surface area contributed by atoms with E-state index in [0.717, 1.165) is 10.1 Å². The summed E-state index contributed by atoms with van der Waals surface area (Å²) in [6.45, 7) is 0. The number of nitrogens with two attached hydrogens (primary N) is 1. The van der Waals surface area contributed by atoms with Gasteiger partial charge in [0.25, 0.3) is 0 Å². The molecule has 0 radical (unpaired) electrons. The lowest BCUT2D eigenvalue weighted by Crippen LogP contribution is -1.91. The number of thiol groups is 1. The minimum atomic E-state index is -0.427. The first-order valence-corrected chi connectivity index (χ1v) is 4.67. The Kier molecular flexibility index (Phi) is 1.73. The molecule has 0 atom stereocenters. The molecule has 1 nitrogen and oxygen atoms in total. The van der Waals surface area contributed by atoms with Gasteiger partial charge in [-0.05, 0) is 17.5 Å². The number of hydrogen-bond donors (Lipinski definition) is 2. The number of nitrogen functional groups attached to an aromatic ring is 1. The zero-order valence-corrected chi connectivity index (χ0v) is 7.75. The highest BCUT2D eigenvalue weighted by Crippen LogP contribution is 2.32. The van der Waals surface area contributed by atoms with Crippen LogP contribution < -0.4 is 5.73 Å². The van der Waals surface area contributed by atoms with Gasteiger partial charge >= 0.3 is 0 Å². The standard InChI is InChI=1S/C8H6FNS2/c9-7-5(11)3-6-4(8(7)10)1-2-12-6/h1-3,11H,10H2. The van der Waals surface area contributed by atoms with E-state index in [1.807, 2.05) is 11.4 Å². The van der Waals surface area contributed by atoms with Crippen molar-refractivity contribution in [3.8, 4) is 0 Å². The first-order valence-electron chi connectivity index (χ1n) is 3.34. The fraction of sp³-hybridized carbons (Fsp3) is 0. The molecule has 0 fully saturated rings. The maximum absolute atomic E-state index is 13.1. The molecule has 0 amide bonds. The average molecular weight is 199 g/mol. The van der Waals surface area contributed by atoms with Gasteiger partial charge in [0, 0.05) is 15.0 Å². The minimum Gasteiger partial charge on any atom is -0.396 e. The summed E-state index contributed by atoms with van der Waals surface area (Å²) in [6, 6.07) is 3.50. The van der Waals surface area contributed by atoms with E-state index in [0.29, 0.717) is 4.90 Å². The van der Waals surface area contributed by atoms with E-state index in [9.17, 15) is 4.39 Å². The fourth-order valence-corrected chi connectivity index (χ4v) is 2.28. The van der Waals surface area contributed by atoms with Crippen molar-refractivity contribution in [1.29, 1.82) is 0 Å². The summed E-state index contributed by atoms with van der Waals surface area (Å²) < 4.78 is 14.1. The summed E-state index contributed by atoms with van der Waals surface area (Å²) in [5, 5.41) is 2.66. The third-order valence-corrected chi connectivity index (χ3v) is 2.90. The molecule has 1 aromatic heterocycles. The maximum atomic E-state index is 13.1. The Balaban J connectivity index is 2.94. The molecule has 1 heterocycles. The molecule has 62 valence electrons. The third-order valence-electron chi connectivity index (χ3n) is 1.71. The largest absolute Gasteiger partial charge is 0.396 e. The topological polar surface area (TPSA) is 26.0 Å². The summed E-state index contributed by atoms with van der Waals surface area (Å²) in [7, 11) is 0. The molecule has 4 heteroatoms. The minimum absolute atomic E-state index is 0.193. The zero-order valence-electron chi connectivity index (χ0n) is 6.04. The monoisotopic (exact) mass is 199 g/mol. The van der Waals surface area contributed by atoms with Gasteiger partial charge in [0.15, 0.2) is 5.82 Å². The highest BCUT2D eigenvalue weighted by molar-refractivity contribution is 7.80. The third kappa shape index (κ3) is 0.990. The Morgan fingerprint density at radius 3 is 3.00 bits per heavy atom. The van der Waals surface area contributed by atoms with E-state index in [1.165, 1.54) is 11.3 Å². The van der Waals surface area contributed by atoms with Crippen molar-refractivity contribution in [1.82, 2.24) is 0 Å². The molecule has 2 aromatic rings. The molecular formula is C8H6FNS2. The molecular weight excluding hydrogens is 193 g/mol. The number of thiophene rings is 1. The smallest absolute Gasteiger partial charge is 0.160 e. The summed E-state index contributed by atoms with van der Waals surface area (Å²) in [4.78, 5) is 0.308. The van der Waals surface area contributed by atoms with Crippen molar-refractivity contribution in [3.63, 3.8) is 0 Å². The lowest BCUT2D eigenvalue weighted by Gasteiger charge is -2.00. The van der Waals surface area contributed by atoms with Gasteiger partial charge in [0.2, 0.25) is 0 Å². The molecule has 0 aliphatic heterocycles. The van der Waals surface area contributed by atoms with E-state index in [4.69, 9.17) is 5.73 Å². The van der Waals surface area contributed by atoms with Crippen LogP contribution >= 0.6 is 24.0 Å². The number of rotatable bonds is 0. The molecule has 1 aromatic carbocycles. The van der Waals surface area contributed by atoms with Gasteiger partial charge in [-0.1, -0.05) is 0 Å².